The summed E-state index contributed by atoms with van der Waals surface area (Å²) in [7, 11) is -2.12. The topological polar surface area (TPSA) is 95.5 Å². The summed E-state index contributed by atoms with van der Waals surface area (Å²) >= 11 is 0. The number of carboxylic acids is 1. The van der Waals surface area contributed by atoms with Crippen molar-refractivity contribution in [3.63, 3.8) is 0 Å². The van der Waals surface area contributed by atoms with Gasteiger partial charge in [0.1, 0.15) is 0 Å². The minimum absolute atomic E-state index is 0.0580. The fraction of sp³-hybridized carbons (Fsp3) is 0.462. The Bertz CT molecular complexity index is 584. The third kappa shape index (κ3) is 4.50. The SMILES string of the molecule is CNS(=O)(=O)c1ccc(C)c(NC(C)CCC(=O)O)c1. The van der Waals surface area contributed by atoms with E-state index in [1.807, 2.05) is 13.8 Å². The highest BCUT2D eigenvalue weighted by Gasteiger charge is 2.14. The zero-order valence-electron chi connectivity index (χ0n) is 11.8. The Balaban J connectivity index is 2.90. The van der Waals surface area contributed by atoms with Crippen LogP contribution in [0.2, 0.25) is 0 Å². The van der Waals surface area contributed by atoms with Crippen molar-refractivity contribution in [1.82, 2.24) is 4.72 Å². The van der Waals surface area contributed by atoms with Crippen LogP contribution < -0.4 is 10.0 Å². The number of hydrogen-bond acceptors (Lipinski definition) is 4. The van der Waals surface area contributed by atoms with Crippen molar-refractivity contribution in [2.45, 2.75) is 37.6 Å². The summed E-state index contributed by atoms with van der Waals surface area (Å²) in [5, 5.41) is 11.8. The fourth-order valence-electron chi connectivity index (χ4n) is 1.72. The standard InChI is InChI=1S/C13H20N2O4S/c1-9-4-6-11(20(18,19)14-3)8-12(9)15-10(2)5-7-13(16)17/h4,6,8,10,14-15H,5,7H2,1-3H3,(H,16,17). The molecule has 0 saturated heterocycles. The average Bonchev–Trinajstić information content (AvgIpc) is 2.38. The maximum absolute atomic E-state index is 11.7. The Labute approximate surface area is 119 Å². The molecule has 1 atom stereocenters. The Morgan fingerprint density at radius 1 is 1.40 bits per heavy atom. The molecule has 0 aliphatic carbocycles. The smallest absolute Gasteiger partial charge is 0.303 e. The quantitative estimate of drug-likeness (QED) is 0.710. The molecule has 0 fully saturated rings. The minimum Gasteiger partial charge on any atom is -0.481 e. The van der Waals surface area contributed by atoms with Crippen molar-refractivity contribution >= 4 is 21.7 Å². The third-order valence-corrected chi connectivity index (χ3v) is 4.39. The van der Waals surface area contributed by atoms with Crippen LogP contribution in [0.4, 0.5) is 5.69 Å². The van der Waals surface area contributed by atoms with E-state index in [1.54, 1.807) is 12.1 Å². The molecular weight excluding hydrogens is 280 g/mol. The highest BCUT2D eigenvalue weighted by Crippen LogP contribution is 2.21. The Morgan fingerprint density at radius 2 is 2.05 bits per heavy atom. The van der Waals surface area contributed by atoms with E-state index in [0.29, 0.717) is 12.1 Å². The fourth-order valence-corrected chi connectivity index (χ4v) is 2.48. The molecular formula is C13H20N2O4S. The number of hydrogen-bond donors (Lipinski definition) is 3. The van der Waals surface area contributed by atoms with Gasteiger partial charge in [0, 0.05) is 18.2 Å². The zero-order chi connectivity index (χ0) is 15.3. The lowest BCUT2D eigenvalue weighted by atomic mass is 10.1. The molecule has 7 heteroatoms. The van der Waals surface area contributed by atoms with Crippen LogP contribution in [-0.4, -0.2) is 32.6 Å². The number of anilines is 1. The predicted molar refractivity (Wildman–Crippen MR) is 77.4 cm³/mol. The maximum Gasteiger partial charge on any atom is 0.303 e. The Morgan fingerprint density at radius 3 is 2.60 bits per heavy atom. The van der Waals surface area contributed by atoms with Crippen LogP contribution >= 0.6 is 0 Å². The summed E-state index contributed by atoms with van der Waals surface area (Å²) < 4.78 is 25.8. The second-order valence-corrected chi connectivity index (χ2v) is 6.55. The monoisotopic (exact) mass is 300 g/mol. The molecule has 0 aliphatic heterocycles. The van der Waals surface area contributed by atoms with Gasteiger partial charge in [-0.3, -0.25) is 4.79 Å². The van der Waals surface area contributed by atoms with Crippen molar-refractivity contribution in [1.29, 1.82) is 0 Å². The van der Waals surface area contributed by atoms with E-state index < -0.39 is 16.0 Å². The van der Waals surface area contributed by atoms with Gasteiger partial charge in [-0.1, -0.05) is 6.07 Å². The number of benzene rings is 1. The van der Waals surface area contributed by atoms with Gasteiger partial charge in [-0.05, 0) is 45.0 Å². The summed E-state index contributed by atoms with van der Waals surface area (Å²) in [6.07, 6.45) is 0.541. The lowest BCUT2D eigenvalue weighted by molar-refractivity contribution is -0.137. The average molecular weight is 300 g/mol. The molecule has 0 bridgehead atoms. The first kappa shape index (κ1) is 16.5. The second kappa shape index (κ2) is 6.71. The first-order valence-electron chi connectivity index (χ1n) is 6.29. The molecule has 112 valence electrons. The van der Waals surface area contributed by atoms with Crippen molar-refractivity contribution in [3.05, 3.63) is 23.8 Å². The van der Waals surface area contributed by atoms with Crippen LogP contribution in [0.3, 0.4) is 0 Å². The van der Waals surface area contributed by atoms with Crippen LogP contribution in [0, 0.1) is 6.92 Å². The van der Waals surface area contributed by atoms with Crippen LogP contribution in [0.15, 0.2) is 23.1 Å². The molecule has 1 aromatic rings. The Kier molecular flexibility index (Phi) is 5.52. The van der Waals surface area contributed by atoms with Crippen molar-refractivity contribution in [3.8, 4) is 0 Å². The van der Waals surface area contributed by atoms with E-state index in [4.69, 9.17) is 5.11 Å². The van der Waals surface area contributed by atoms with Gasteiger partial charge >= 0.3 is 5.97 Å². The molecule has 0 spiro atoms. The molecule has 0 heterocycles. The lowest BCUT2D eigenvalue weighted by Crippen LogP contribution is -2.20. The van der Waals surface area contributed by atoms with Gasteiger partial charge in [0.15, 0.2) is 0 Å². The van der Waals surface area contributed by atoms with E-state index in [1.165, 1.54) is 13.1 Å². The summed E-state index contributed by atoms with van der Waals surface area (Å²) in [4.78, 5) is 10.7. The molecule has 6 nitrogen and oxygen atoms in total. The van der Waals surface area contributed by atoms with Crippen molar-refractivity contribution in [2.75, 3.05) is 12.4 Å². The normalized spacial score (nSPS) is 12.9. The number of aliphatic carboxylic acids is 1. The molecule has 0 radical (unpaired) electrons. The van der Waals surface area contributed by atoms with Gasteiger partial charge in [-0.2, -0.15) is 0 Å². The highest BCUT2D eigenvalue weighted by atomic mass is 32.2. The van der Waals surface area contributed by atoms with E-state index in [0.717, 1.165) is 5.56 Å². The Hall–Kier alpha value is -1.60. The van der Waals surface area contributed by atoms with Gasteiger partial charge in [0.05, 0.1) is 4.90 Å². The molecule has 0 saturated carbocycles. The second-order valence-electron chi connectivity index (χ2n) is 4.66. The van der Waals surface area contributed by atoms with E-state index in [-0.39, 0.29) is 17.4 Å². The molecule has 0 amide bonds. The van der Waals surface area contributed by atoms with Crippen LogP contribution in [0.1, 0.15) is 25.3 Å². The van der Waals surface area contributed by atoms with Gasteiger partial charge in [-0.15, -0.1) is 0 Å². The molecule has 3 N–H and O–H groups in total. The summed E-state index contributed by atoms with van der Waals surface area (Å²) in [5.41, 5.74) is 1.60. The summed E-state index contributed by atoms with van der Waals surface area (Å²) in [5.74, 6) is -0.845. The molecule has 1 aromatic carbocycles. The number of sulfonamides is 1. The highest BCUT2D eigenvalue weighted by molar-refractivity contribution is 7.89. The number of carbonyl (C=O) groups is 1. The number of nitrogens with one attached hydrogen (secondary N) is 2. The largest absolute Gasteiger partial charge is 0.481 e. The van der Waals surface area contributed by atoms with E-state index in [2.05, 4.69) is 10.0 Å². The molecule has 20 heavy (non-hydrogen) atoms. The van der Waals surface area contributed by atoms with Crippen LogP contribution in [0.25, 0.3) is 0 Å². The summed E-state index contributed by atoms with van der Waals surface area (Å²) in [6.45, 7) is 3.73. The van der Waals surface area contributed by atoms with Gasteiger partial charge in [0.25, 0.3) is 0 Å². The predicted octanol–water partition coefficient (Wildman–Crippen LogP) is 1.57. The minimum atomic E-state index is -3.48. The number of rotatable bonds is 7. The number of aryl methyl sites for hydroxylation is 1. The summed E-state index contributed by atoms with van der Waals surface area (Å²) in [6, 6.07) is 4.75. The van der Waals surface area contributed by atoms with Crippen LogP contribution in [-0.2, 0) is 14.8 Å². The van der Waals surface area contributed by atoms with Gasteiger partial charge < -0.3 is 10.4 Å². The first-order chi connectivity index (χ1) is 9.26. The molecule has 1 unspecified atom stereocenters. The maximum atomic E-state index is 11.7. The zero-order valence-corrected chi connectivity index (χ0v) is 12.6. The molecule has 0 aliphatic rings. The van der Waals surface area contributed by atoms with Crippen LogP contribution in [0.5, 0.6) is 0 Å². The van der Waals surface area contributed by atoms with Crippen molar-refractivity contribution in [2.24, 2.45) is 0 Å². The van der Waals surface area contributed by atoms with E-state index >= 15 is 0 Å². The third-order valence-electron chi connectivity index (χ3n) is 2.98. The lowest BCUT2D eigenvalue weighted by Gasteiger charge is -2.17. The van der Waals surface area contributed by atoms with Gasteiger partial charge in [0.2, 0.25) is 10.0 Å². The van der Waals surface area contributed by atoms with E-state index in [9.17, 15) is 13.2 Å². The number of carboxylic acid groups (broad SMARTS) is 1. The first-order valence-corrected chi connectivity index (χ1v) is 7.77. The molecule has 1 rings (SSSR count). The van der Waals surface area contributed by atoms with Gasteiger partial charge in [-0.25, -0.2) is 13.1 Å². The van der Waals surface area contributed by atoms with Crippen molar-refractivity contribution < 1.29 is 18.3 Å². The molecule has 0 aromatic heterocycles.